The van der Waals surface area contributed by atoms with Crippen molar-refractivity contribution in [3.8, 4) is 0 Å². The Morgan fingerprint density at radius 1 is 1.64 bits per heavy atom. The van der Waals surface area contributed by atoms with E-state index in [1.54, 1.807) is 0 Å². The van der Waals surface area contributed by atoms with Gasteiger partial charge in [0.25, 0.3) is 0 Å². The molecule has 0 spiro atoms. The van der Waals surface area contributed by atoms with E-state index in [-0.39, 0.29) is 18.1 Å². The largest absolute Gasteiger partial charge is 0.480 e. The van der Waals surface area contributed by atoms with Crippen molar-refractivity contribution in [3.05, 3.63) is 0 Å². The highest BCUT2D eigenvalue weighted by molar-refractivity contribution is 5.73. The van der Waals surface area contributed by atoms with E-state index in [4.69, 9.17) is 5.11 Å². The summed E-state index contributed by atoms with van der Waals surface area (Å²) in [6.07, 6.45) is 1.04. The van der Waals surface area contributed by atoms with E-state index in [1.165, 1.54) is 0 Å². The van der Waals surface area contributed by atoms with Gasteiger partial charge in [0.15, 0.2) is 0 Å². The van der Waals surface area contributed by atoms with Crippen molar-refractivity contribution in [2.75, 3.05) is 13.1 Å². The van der Waals surface area contributed by atoms with Crippen molar-refractivity contribution in [1.29, 1.82) is 0 Å². The number of rotatable bonds is 3. The van der Waals surface area contributed by atoms with Crippen molar-refractivity contribution >= 4 is 5.97 Å². The molecule has 0 saturated carbocycles. The topological polar surface area (TPSA) is 60.8 Å². The molecular weight excluding hydrogens is 182 g/mol. The number of carbonyl (C=O) groups is 1. The lowest BCUT2D eigenvalue weighted by Gasteiger charge is -2.37. The van der Waals surface area contributed by atoms with E-state index in [9.17, 15) is 9.90 Å². The standard InChI is InChI=1S/C10H19NO3/c1-3-8(10(13)14)11-5-4-9(12)7(2)6-11/h7-9,12H,3-6H2,1-2H3,(H,13,14)/t7-,8-,9+/m1/s1. The first kappa shape index (κ1) is 11.5. The van der Waals surface area contributed by atoms with Crippen LogP contribution in [0, 0.1) is 5.92 Å². The molecule has 1 fully saturated rings. The molecule has 0 aromatic rings. The van der Waals surface area contributed by atoms with Crippen molar-refractivity contribution < 1.29 is 15.0 Å². The Morgan fingerprint density at radius 3 is 2.71 bits per heavy atom. The lowest BCUT2D eigenvalue weighted by Crippen LogP contribution is -2.49. The Kier molecular flexibility index (Phi) is 3.89. The molecule has 1 aliphatic heterocycles. The Bertz CT molecular complexity index is 208. The molecule has 82 valence electrons. The highest BCUT2D eigenvalue weighted by Crippen LogP contribution is 2.19. The number of carboxylic acids is 1. The van der Waals surface area contributed by atoms with Gasteiger partial charge in [-0.3, -0.25) is 9.69 Å². The zero-order chi connectivity index (χ0) is 10.7. The predicted octanol–water partition coefficient (Wildman–Crippen LogP) is 0.552. The van der Waals surface area contributed by atoms with Crippen molar-refractivity contribution in [2.45, 2.75) is 38.8 Å². The zero-order valence-corrected chi connectivity index (χ0v) is 8.81. The second-order valence-electron chi connectivity index (χ2n) is 4.09. The average molecular weight is 201 g/mol. The van der Waals surface area contributed by atoms with E-state index in [0.29, 0.717) is 25.9 Å². The summed E-state index contributed by atoms with van der Waals surface area (Å²) in [6.45, 7) is 5.22. The van der Waals surface area contributed by atoms with Crippen LogP contribution in [-0.2, 0) is 4.79 Å². The van der Waals surface area contributed by atoms with E-state index in [1.807, 2.05) is 18.7 Å². The molecule has 0 radical (unpaired) electrons. The maximum absolute atomic E-state index is 10.9. The Balaban J connectivity index is 2.56. The molecule has 4 nitrogen and oxygen atoms in total. The minimum Gasteiger partial charge on any atom is -0.480 e. The minimum absolute atomic E-state index is 0.178. The normalized spacial score (nSPS) is 31.4. The number of aliphatic hydroxyl groups excluding tert-OH is 1. The molecule has 2 N–H and O–H groups in total. The van der Waals surface area contributed by atoms with Crippen LogP contribution < -0.4 is 0 Å². The highest BCUT2D eigenvalue weighted by atomic mass is 16.4. The van der Waals surface area contributed by atoms with Gasteiger partial charge in [-0.05, 0) is 18.8 Å². The van der Waals surface area contributed by atoms with Gasteiger partial charge in [0.2, 0.25) is 0 Å². The molecular formula is C10H19NO3. The lowest BCUT2D eigenvalue weighted by atomic mass is 9.95. The summed E-state index contributed by atoms with van der Waals surface area (Å²) < 4.78 is 0. The maximum Gasteiger partial charge on any atom is 0.320 e. The first-order valence-corrected chi connectivity index (χ1v) is 5.21. The summed E-state index contributed by atoms with van der Waals surface area (Å²) in [5.74, 6) is -0.576. The minimum atomic E-state index is -0.754. The van der Waals surface area contributed by atoms with Gasteiger partial charge in [0, 0.05) is 13.1 Å². The molecule has 1 saturated heterocycles. The van der Waals surface area contributed by atoms with E-state index >= 15 is 0 Å². The van der Waals surface area contributed by atoms with Crippen LogP contribution in [0.3, 0.4) is 0 Å². The van der Waals surface area contributed by atoms with Crippen molar-refractivity contribution in [1.82, 2.24) is 4.90 Å². The SMILES string of the molecule is CC[C@H](C(=O)O)N1CC[C@H](O)[C@H](C)C1. The van der Waals surface area contributed by atoms with Crippen LogP contribution in [0.5, 0.6) is 0 Å². The number of aliphatic carboxylic acids is 1. The molecule has 3 atom stereocenters. The third-order valence-corrected chi connectivity index (χ3v) is 3.00. The average Bonchev–Trinajstić information content (AvgIpc) is 2.11. The van der Waals surface area contributed by atoms with Gasteiger partial charge in [-0.1, -0.05) is 13.8 Å². The molecule has 0 aromatic carbocycles. The van der Waals surface area contributed by atoms with Gasteiger partial charge in [0.1, 0.15) is 6.04 Å². The second kappa shape index (κ2) is 4.75. The van der Waals surface area contributed by atoms with Crippen LogP contribution in [0.15, 0.2) is 0 Å². The van der Waals surface area contributed by atoms with Crippen molar-refractivity contribution in [2.24, 2.45) is 5.92 Å². The summed E-state index contributed by atoms with van der Waals surface area (Å²) >= 11 is 0. The molecule has 1 aliphatic rings. The zero-order valence-electron chi connectivity index (χ0n) is 8.81. The third kappa shape index (κ3) is 2.45. The summed E-state index contributed by atoms with van der Waals surface area (Å²) in [7, 11) is 0. The summed E-state index contributed by atoms with van der Waals surface area (Å²) in [4.78, 5) is 12.9. The maximum atomic E-state index is 10.9. The van der Waals surface area contributed by atoms with Crippen LogP contribution in [0.1, 0.15) is 26.7 Å². The van der Waals surface area contributed by atoms with Gasteiger partial charge in [-0.2, -0.15) is 0 Å². The fourth-order valence-electron chi connectivity index (χ4n) is 2.04. The lowest BCUT2D eigenvalue weighted by molar-refractivity contribution is -0.145. The molecule has 4 heteroatoms. The Morgan fingerprint density at radius 2 is 2.29 bits per heavy atom. The first-order chi connectivity index (χ1) is 6.56. The second-order valence-corrected chi connectivity index (χ2v) is 4.09. The van der Waals surface area contributed by atoms with Crippen LogP contribution in [0.2, 0.25) is 0 Å². The summed E-state index contributed by atoms with van der Waals surface area (Å²) in [5.41, 5.74) is 0. The van der Waals surface area contributed by atoms with Crippen LogP contribution in [0.25, 0.3) is 0 Å². The van der Waals surface area contributed by atoms with Gasteiger partial charge in [0.05, 0.1) is 6.10 Å². The molecule has 0 amide bonds. The summed E-state index contributed by atoms with van der Waals surface area (Å²) in [6, 6.07) is -0.384. The van der Waals surface area contributed by atoms with Crippen LogP contribution in [0.4, 0.5) is 0 Å². The van der Waals surface area contributed by atoms with E-state index < -0.39 is 5.97 Å². The van der Waals surface area contributed by atoms with Crippen LogP contribution in [-0.4, -0.2) is 46.3 Å². The molecule has 0 aliphatic carbocycles. The summed E-state index contributed by atoms with van der Waals surface area (Å²) in [5, 5.41) is 18.5. The fraction of sp³-hybridized carbons (Fsp3) is 0.900. The molecule has 0 unspecified atom stereocenters. The Hall–Kier alpha value is -0.610. The van der Waals surface area contributed by atoms with Gasteiger partial charge >= 0.3 is 5.97 Å². The molecule has 1 heterocycles. The fourth-order valence-corrected chi connectivity index (χ4v) is 2.04. The number of carboxylic acid groups (broad SMARTS) is 1. The third-order valence-electron chi connectivity index (χ3n) is 3.00. The number of piperidine rings is 1. The van der Waals surface area contributed by atoms with E-state index in [2.05, 4.69) is 0 Å². The number of hydrogen-bond acceptors (Lipinski definition) is 3. The number of aliphatic hydroxyl groups is 1. The highest BCUT2D eigenvalue weighted by Gasteiger charge is 2.31. The van der Waals surface area contributed by atoms with Crippen LogP contribution >= 0.6 is 0 Å². The molecule has 0 bridgehead atoms. The van der Waals surface area contributed by atoms with E-state index in [0.717, 1.165) is 0 Å². The monoisotopic (exact) mass is 201 g/mol. The molecule has 14 heavy (non-hydrogen) atoms. The quantitative estimate of drug-likeness (QED) is 0.700. The first-order valence-electron chi connectivity index (χ1n) is 5.21. The molecule has 0 aromatic heterocycles. The number of nitrogens with zero attached hydrogens (tertiary/aromatic N) is 1. The Labute approximate surface area is 84.5 Å². The van der Waals surface area contributed by atoms with Crippen molar-refractivity contribution in [3.63, 3.8) is 0 Å². The van der Waals surface area contributed by atoms with Gasteiger partial charge < -0.3 is 10.2 Å². The van der Waals surface area contributed by atoms with Gasteiger partial charge in [-0.25, -0.2) is 0 Å². The smallest absolute Gasteiger partial charge is 0.320 e. The number of hydrogen-bond donors (Lipinski definition) is 2. The molecule has 1 rings (SSSR count). The predicted molar refractivity (Wildman–Crippen MR) is 53.1 cm³/mol. The number of likely N-dealkylation sites (tertiary alicyclic amines) is 1. The van der Waals surface area contributed by atoms with Gasteiger partial charge in [-0.15, -0.1) is 0 Å².